The second-order valence-electron chi connectivity index (χ2n) is 8.40. The maximum Gasteiger partial charge on any atom is 0.451 e. The van der Waals surface area contributed by atoms with E-state index in [1.54, 1.807) is 0 Å². The third-order valence-corrected chi connectivity index (χ3v) is 6.39. The zero-order valence-corrected chi connectivity index (χ0v) is 16.3. The number of nitrogens with one attached hydrogen (secondary N) is 2. The molecule has 1 heterocycles. The van der Waals surface area contributed by atoms with E-state index in [1.165, 1.54) is 11.1 Å². The van der Waals surface area contributed by atoms with Crippen molar-refractivity contribution in [3.8, 4) is 0 Å². The van der Waals surface area contributed by atoms with Crippen molar-refractivity contribution in [2.75, 3.05) is 6.54 Å². The van der Waals surface area contributed by atoms with Crippen molar-refractivity contribution >= 4 is 13.1 Å². The highest BCUT2D eigenvalue weighted by Gasteiger charge is 2.48. The molecule has 1 saturated carbocycles. The smallest absolute Gasteiger partial charge is 0.451 e. The quantitative estimate of drug-likeness (QED) is 0.254. The van der Waals surface area contributed by atoms with Crippen LogP contribution in [0, 0.1) is 5.92 Å². The number of hydrogen-bond acceptors (Lipinski definition) is 6. The number of aliphatic carboxylic acids is 1. The highest BCUT2D eigenvalue weighted by Crippen LogP contribution is 2.38. The summed E-state index contributed by atoms with van der Waals surface area (Å²) >= 11 is 0. The minimum absolute atomic E-state index is 0.0402. The van der Waals surface area contributed by atoms with Gasteiger partial charge < -0.3 is 31.5 Å². The van der Waals surface area contributed by atoms with Crippen molar-refractivity contribution in [3.63, 3.8) is 0 Å². The summed E-state index contributed by atoms with van der Waals surface area (Å²) in [6.45, 7) is 1.76. The number of carbonyl (C=O) groups is 1. The molecule has 1 aromatic rings. The van der Waals surface area contributed by atoms with Crippen molar-refractivity contribution in [2.24, 2.45) is 11.7 Å². The first-order valence-electron chi connectivity index (χ1n) is 10.3. The normalized spacial score (nSPS) is 26.0. The highest BCUT2D eigenvalue weighted by molar-refractivity contribution is 6.40. The fraction of sp³-hybridized carbons (Fsp3) is 0.650. The second-order valence-corrected chi connectivity index (χ2v) is 8.40. The van der Waals surface area contributed by atoms with E-state index in [-0.39, 0.29) is 12.2 Å². The van der Waals surface area contributed by atoms with Gasteiger partial charge >= 0.3 is 13.1 Å². The van der Waals surface area contributed by atoms with Crippen LogP contribution in [0.1, 0.15) is 43.2 Å². The Morgan fingerprint density at radius 3 is 2.64 bits per heavy atom. The Labute approximate surface area is 166 Å². The predicted octanol–water partition coefficient (Wildman–Crippen LogP) is 0.494. The average molecular weight is 389 g/mol. The number of carboxylic acid groups (broad SMARTS) is 1. The van der Waals surface area contributed by atoms with Gasteiger partial charge in [0.25, 0.3) is 0 Å². The maximum atomic E-state index is 11.8. The molecule has 28 heavy (non-hydrogen) atoms. The van der Waals surface area contributed by atoms with Gasteiger partial charge in [-0.25, -0.2) is 0 Å². The van der Waals surface area contributed by atoms with Crippen LogP contribution in [0.15, 0.2) is 24.3 Å². The molecule has 1 fully saturated rings. The van der Waals surface area contributed by atoms with E-state index in [9.17, 15) is 9.90 Å². The van der Waals surface area contributed by atoms with Crippen LogP contribution in [-0.2, 0) is 17.8 Å². The lowest BCUT2D eigenvalue weighted by Gasteiger charge is -2.45. The number of unbranched alkanes of at least 4 members (excludes halogenated alkanes) is 1. The van der Waals surface area contributed by atoms with Crippen molar-refractivity contribution in [1.29, 1.82) is 0 Å². The number of rotatable bonds is 10. The predicted molar refractivity (Wildman–Crippen MR) is 109 cm³/mol. The summed E-state index contributed by atoms with van der Waals surface area (Å²) in [6.07, 6.45) is 4.32. The molecule has 8 heteroatoms. The Kier molecular flexibility index (Phi) is 7.12. The molecule has 3 rings (SSSR count). The summed E-state index contributed by atoms with van der Waals surface area (Å²) < 4.78 is 0. The molecule has 7 N–H and O–H groups in total. The van der Waals surface area contributed by atoms with Gasteiger partial charge in [0.05, 0.1) is 0 Å². The summed E-state index contributed by atoms with van der Waals surface area (Å²) in [6, 6.07) is 9.21. The van der Waals surface area contributed by atoms with Crippen LogP contribution < -0.4 is 16.4 Å². The first-order chi connectivity index (χ1) is 13.4. The van der Waals surface area contributed by atoms with E-state index >= 15 is 0 Å². The molecule has 7 nitrogen and oxygen atoms in total. The van der Waals surface area contributed by atoms with Gasteiger partial charge in [0, 0.05) is 25.2 Å². The van der Waals surface area contributed by atoms with Crippen molar-refractivity contribution in [3.05, 3.63) is 35.4 Å². The summed E-state index contributed by atoms with van der Waals surface area (Å²) in [4.78, 5) is 11.8. The van der Waals surface area contributed by atoms with Gasteiger partial charge in [-0.05, 0) is 49.0 Å². The molecule has 0 bridgehead atoms. The zero-order valence-electron chi connectivity index (χ0n) is 16.3. The first-order valence-corrected chi connectivity index (χ1v) is 10.3. The summed E-state index contributed by atoms with van der Waals surface area (Å²) in [5.41, 5.74) is 7.80. The molecule has 0 radical (unpaired) electrons. The van der Waals surface area contributed by atoms with Gasteiger partial charge in [-0.3, -0.25) is 4.79 Å². The molecule has 2 aliphatic rings. The van der Waals surface area contributed by atoms with E-state index in [2.05, 4.69) is 34.9 Å². The van der Waals surface area contributed by atoms with Crippen molar-refractivity contribution in [1.82, 2.24) is 10.6 Å². The van der Waals surface area contributed by atoms with Gasteiger partial charge in [0.15, 0.2) is 0 Å². The fourth-order valence-electron chi connectivity index (χ4n) is 4.41. The number of nitrogens with two attached hydrogens (primary N) is 1. The molecule has 1 aliphatic carbocycles. The maximum absolute atomic E-state index is 11.8. The van der Waals surface area contributed by atoms with Gasteiger partial charge in [-0.2, -0.15) is 0 Å². The molecule has 1 aliphatic heterocycles. The molecule has 0 amide bonds. The Morgan fingerprint density at radius 1 is 1.25 bits per heavy atom. The Morgan fingerprint density at radius 2 is 1.96 bits per heavy atom. The molecule has 1 unspecified atom stereocenters. The lowest BCUT2D eigenvalue weighted by Crippen LogP contribution is -2.61. The minimum Gasteiger partial charge on any atom is -0.480 e. The molecule has 0 spiro atoms. The van der Waals surface area contributed by atoms with E-state index in [4.69, 9.17) is 15.8 Å². The third-order valence-electron chi connectivity index (χ3n) is 6.39. The van der Waals surface area contributed by atoms with Crippen molar-refractivity contribution in [2.45, 2.75) is 69.0 Å². The first kappa shape index (κ1) is 21.3. The molecular weight excluding hydrogens is 357 g/mol. The molecular formula is C20H32BN3O4. The SMILES string of the molecule is NC(CCCCB(O)O)(C(=O)O)[C@H]1C[C@@H](NC[C@@H]2Cc3ccccc3CN2)C1. The molecule has 1 aromatic carbocycles. The minimum atomic E-state index is -1.34. The third kappa shape index (κ3) is 5.13. The fourth-order valence-corrected chi connectivity index (χ4v) is 4.41. The molecule has 0 saturated heterocycles. The summed E-state index contributed by atoms with van der Waals surface area (Å²) in [5.74, 6) is -0.993. The Bertz CT molecular complexity index is 669. The average Bonchev–Trinajstić information content (AvgIpc) is 2.63. The topological polar surface area (TPSA) is 128 Å². The van der Waals surface area contributed by atoms with Gasteiger partial charge in [0.2, 0.25) is 0 Å². The number of fused-ring (bicyclic) bond motifs is 1. The highest BCUT2D eigenvalue weighted by atomic mass is 16.4. The van der Waals surface area contributed by atoms with Crippen LogP contribution in [0.4, 0.5) is 0 Å². The van der Waals surface area contributed by atoms with E-state index in [0.717, 1.165) is 32.4 Å². The van der Waals surface area contributed by atoms with Gasteiger partial charge in [-0.15, -0.1) is 0 Å². The van der Waals surface area contributed by atoms with Crippen LogP contribution in [0.25, 0.3) is 0 Å². The standard InChI is InChI=1S/C20H32BN3O4/c22-20(19(25)26,7-3-4-8-21(27)28)16-10-17(11-16)24-13-18-9-14-5-1-2-6-15(14)12-23-18/h1-2,5-6,16-18,23-24,27-28H,3-4,7-13,22H2,(H,25,26)/t16-,17+,18-,20?/m0/s1. The summed E-state index contributed by atoms with van der Waals surface area (Å²) in [5, 5.41) is 34.6. The van der Waals surface area contributed by atoms with E-state index in [1.807, 2.05) is 0 Å². The van der Waals surface area contributed by atoms with Gasteiger partial charge in [0.1, 0.15) is 5.54 Å². The number of benzene rings is 1. The number of hydrogen-bond donors (Lipinski definition) is 6. The largest absolute Gasteiger partial charge is 0.480 e. The van der Waals surface area contributed by atoms with Crippen LogP contribution in [0.3, 0.4) is 0 Å². The van der Waals surface area contributed by atoms with Crippen LogP contribution >= 0.6 is 0 Å². The van der Waals surface area contributed by atoms with Crippen LogP contribution in [0.2, 0.25) is 6.32 Å². The Balaban J connectivity index is 1.41. The van der Waals surface area contributed by atoms with Crippen molar-refractivity contribution < 1.29 is 19.9 Å². The zero-order chi connectivity index (χ0) is 20.1. The lowest BCUT2D eigenvalue weighted by molar-refractivity contribution is -0.148. The Hall–Kier alpha value is -1.45. The van der Waals surface area contributed by atoms with E-state index < -0.39 is 18.6 Å². The number of carboxylic acids is 1. The van der Waals surface area contributed by atoms with Crippen LogP contribution in [0.5, 0.6) is 0 Å². The van der Waals surface area contributed by atoms with Gasteiger partial charge in [-0.1, -0.05) is 37.1 Å². The van der Waals surface area contributed by atoms with Crippen LogP contribution in [-0.4, -0.2) is 52.4 Å². The molecule has 2 atom stereocenters. The monoisotopic (exact) mass is 389 g/mol. The van der Waals surface area contributed by atoms with E-state index in [0.29, 0.717) is 31.3 Å². The molecule has 154 valence electrons. The molecule has 0 aromatic heterocycles. The lowest BCUT2D eigenvalue weighted by atomic mass is 9.66. The summed E-state index contributed by atoms with van der Waals surface area (Å²) in [7, 11) is -1.34. The second kappa shape index (κ2) is 9.37.